The monoisotopic (exact) mass is 274 g/mol. The molecule has 0 amide bonds. The van der Waals surface area contributed by atoms with Gasteiger partial charge in [-0.1, -0.05) is 0 Å². The third-order valence-corrected chi connectivity index (χ3v) is 3.16. The number of nitrogens with zero attached hydrogens (tertiary/aromatic N) is 1. The van der Waals surface area contributed by atoms with Crippen LogP contribution >= 0.6 is 0 Å². The fourth-order valence-corrected chi connectivity index (χ4v) is 2.19. The lowest BCUT2D eigenvalue weighted by Gasteiger charge is -2.00. The number of carboxylic acids is 1. The van der Waals surface area contributed by atoms with E-state index >= 15 is 0 Å². The van der Waals surface area contributed by atoms with Gasteiger partial charge in [0.1, 0.15) is 5.82 Å². The van der Waals surface area contributed by atoms with Gasteiger partial charge in [0.25, 0.3) is 0 Å². The second kappa shape index (κ2) is 4.88. The molecule has 0 atom stereocenters. The number of aliphatic carboxylic acids is 1. The van der Waals surface area contributed by atoms with E-state index < -0.39 is 5.97 Å². The van der Waals surface area contributed by atoms with E-state index in [9.17, 15) is 4.79 Å². The third-order valence-electron chi connectivity index (χ3n) is 3.16. The van der Waals surface area contributed by atoms with Gasteiger partial charge in [0, 0.05) is 17.7 Å². The van der Waals surface area contributed by atoms with Gasteiger partial charge in [-0.05, 0) is 25.1 Å². The van der Waals surface area contributed by atoms with Crippen LogP contribution in [-0.2, 0) is 11.2 Å². The van der Waals surface area contributed by atoms with Gasteiger partial charge >= 0.3 is 5.97 Å². The van der Waals surface area contributed by atoms with Crippen LogP contribution < -0.4 is 9.47 Å². The van der Waals surface area contributed by atoms with Gasteiger partial charge in [-0.15, -0.1) is 0 Å². The molecule has 0 saturated heterocycles. The van der Waals surface area contributed by atoms with Crippen molar-refractivity contribution in [3.05, 3.63) is 29.7 Å². The summed E-state index contributed by atoms with van der Waals surface area (Å²) in [6.45, 7) is 2.15. The summed E-state index contributed by atoms with van der Waals surface area (Å²) >= 11 is 0. The van der Waals surface area contributed by atoms with Gasteiger partial charge in [0.05, 0.1) is 12.1 Å². The lowest BCUT2D eigenvalue weighted by Crippen LogP contribution is -1.98. The average Bonchev–Trinajstić information content (AvgIpc) is 3.01. The molecule has 2 heterocycles. The van der Waals surface area contributed by atoms with E-state index in [0.717, 1.165) is 22.7 Å². The Labute approximate surface area is 115 Å². The van der Waals surface area contributed by atoms with Crippen LogP contribution in [0.2, 0.25) is 0 Å². The summed E-state index contributed by atoms with van der Waals surface area (Å²) < 4.78 is 10.6. The minimum atomic E-state index is -0.830. The Morgan fingerprint density at radius 3 is 3.00 bits per heavy atom. The van der Waals surface area contributed by atoms with Crippen molar-refractivity contribution in [3.8, 4) is 22.8 Å². The Bertz CT molecular complexity index is 663. The Morgan fingerprint density at radius 2 is 2.20 bits per heavy atom. The SMILES string of the molecule is Cc1[nH]c(CCC(=O)O)nc1-c1ccc2c(c1)OCO2. The molecule has 0 aliphatic carbocycles. The quantitative estimate of drug-likeness (QED) is 0.892. The van der Waals surface area contributed by atoms with E-state index in [2.05, 4.69) is 9.97 Å². The number of rotatable bonds is 4. The maximum absolute atomic E-state index is 10.6. The molecule has 104 valence electrons. The molecule has 20 heavy (non-hydrogen) atoms. The van der Waals surface area contributed by atoms with E-state index in [4.69, 9.17) is 14.6 Å². The van der Waals surface area contributed by atoms with Crippen LogP contribution in [0.1, 0.15) is 17.9 Å². The first-order chi connectivity index (χ1) is 9.63. The van der Waals surface area contributed by atoms with Crippen molar-refractivity contribution in [2.24, 2.45) is 0 Å². The molecular weight excluding hydrogens is 260 g/mol. The fourth-order valence-electron chi connectivity index (χ4n) is 2.19. The highest BCUT2D eigenvalue weighted by atomic mass is 16.7. The van der Waals surface area contributed by atoms with Crippen LogP contribution in [0, 0.1) is 6.92 Å². The smallest absolute Gasteiger partial charge is 0.303 e. The second-order valence-electron chi connectivity index (χ2n) is 4.62. The summed E-state index contributed by atoms with van der Waals surface area (Å²) in [5, 5.41) is 8.70. The zero-order valence-corrected chi connectivity index (χ0v) is 11.0. The molecule has 0 radical (unpaired) electrons. The van der Waals surface area contributed by atoms with Crippen LogP contribution in [0.3, 0.4) is 0 Å². The number of hydrogen-bond acceptors (Lipinski definition) is 4. The molecule has 2 N–H and O–H groups in total. The predicted octanol–water partition coefficient (Wildman–Crippen LogP) is 2.13. The molecule has 0 saturated carbocycles. The standard InChI is InChI=1S/C14H14N2O4/c1-8-14(16-12(15-8)4-5-13(17)18)9-2-3-10-11(6-9)20-7-19-10/h2-3,6H,4-5,7H2,1H3,(H,15,16)(H,17,18). The first-order valence-electron chi connectivity index (χ1n) is 6.31. The molecule has 1 aliphatic rings. The van der Waals surface area contributed by atoms with Gasteiger partial charge in [-0.2, -0.15) is 0 Å². The van der Waals surface area contributed by atoms with Gasteiger partial charge in [-0.3, -0.25) is 4.79 Å². The number of hydrogen-bond donors (Lipinski definition) is 2. The lowest BCUT2D eigenvalue weighted by molar-refractivity contribution is -0.137. The number of nitrogens with one attached hydrogen (secondary N) is 1. The number of carboxylic acid groups (broad SMARTS) is 1. The number of benzene rings is 1. The van der Waals surface area contributed by atoms with Crippen molar-refractivity contribution in [2.45, 2.75) is 19.8 Å². The van der Waals surface area contributed by atoms with Crippen molar-refractivity contribution in [2.75, 3.05) is 6.79 Å². The maximum atomic E-state index is 10.6. The molecule has 0 bridgehead atoms. The van der Waals surface area contributed by atoms with E-state index in [1.807, 2.05) is 25.1 Å². The van der Waals surface area contributed by atoms with E-state index in [1.54, 1.807) is 0 Å². The fraction of sp³-hybridized carbons (Fsp3) is 0.286. The van der Waals surface area contributed by atoms with Crippen LogP contribution in [0.15, 0.2) is 18.2 Å². The Morgan fingerprint density at radius 1 is 1.40 bits per heavy atom. The van der Waals surface area contributed by atoms with Crippen molar-refractivity contribution in [3.63, 3.8) is 0 Å². The van der Waals surface area contributed by atoms with Gasteiger partial charge in [0.2, 0.25) is 6.79 Å². The van der Waals surface area contributed by atoms with Crippen LogP contribution in [0.4, 0.5) is 0 Å². The van der Waals surface area contributed by atoms with Crippen LogP contribution in [0.5, 0.6) is 11.5 Å². The summed E-state index contributed by atoms with van der Waals surface area (Å²) in [5.41, 5.74) is 2.64. The van der Waals surface area contributed by atoms with Gasteiger partial charge < -0.3 is 19.6 Å². The van der Waals surface area contributed by atoms with E-state index in [0.29, 0.717) is 18.0 Å². The minimum absolute atomic E-state index is 0.0630. The van der Waals surface area contributed by atoms with Crippen molar-refractivity contribution in [1.29, 1.82) is 0 Å². The zero-order chi connectivity index (χ0) is 14.1. The highest BCUT2D eigenvalue weighted by Gasteiger charge is 2.16. The number of ether oxygens (including phenoxy) is 2. The highest BCUT2D eigenvalue weighted by molar-refractivity contribution is 5.68. The molecule has 2 aromatic rings. The van der Waals surface area contributed by atoms with Gasteiger partial charge in [-0.25, -0.2) is 4.98 Å². The van der Waals surface area contributed by atoms with Crippen LogP contribution in [0.25, 0.3) is 11.3 Å². The number of aromatic amines is 1. The number of aryl methyl sites for hydroxylation is 2. The molecule has 0 unspecified atom stereocenters. The molecule has 1 aromatic heterocycles. The second-order valence-corrected chi connectivity index (χ2v) is 4.62. The number of fused-ring (bicyclic) bond motifs is 1. The molecule has 3 rings (SSSR count). The van der Waals surface area contributed by atoms with Gasteiger partial charge in [0.15, 0.2) is 11.5 Å². The molecular formula is C14H14N2O4. The Kier molecular flexibility index (Phi) is 3.06. The Balaban J connectivity index is 1.88. The normalized spacial score (nSPS) is 12.7. The number of aromatic nitrogens is 2. The first kappa shape index (κ1) is 12.5. The number of carbonyl (C=O) groups is 1. The summed E-state index contributed by atoms with van der Waals surface area (Å²) in [6, 6.07) is 5.65. The first-order valence-corrected chi connectivity index (χ1v) is 6.31. The number of H-pyrrole nitrogens is 1. The molecule has 6 nitrogen and oxygen atoms in total. The highest BCUT2D eigenvalue weighted by Crippen LogP contribution is 2.36. The van der Waals surface area contributed by atoms with Crippen molar-refractivity contribution in [1.82, 2.24) is 9.97 Å². The largest absolute Gasteiger partial charge is 0.481 e. The predicted molar refractivity (Wildman–Crippen MR) is 70.8 cm³/mol. The van der Waals surface area contributed by atoms with E-state index in [1.165, 1.54) is 0 Å². The Hall–Kier alpha value is -2.50. The zero-order valence-electron chi connectivity index (χ0n) is 11.0. The lowest BCUT2D eigenvalue weighted by atomic mass is 10.1. The summed E-state index contributed by atoms with van der Waals surface area (Å²) in [4.78, 5) is 18.2. The van der Waals surface area contributed by atoms with Crippen molar-refractivity contribution < 1.29 is 19.4 Å². The number of imidazole rings is 1. The maximum Gasteiger partial charge on any atom is 0.303 e. The molecule has 1 aliphatic heterocycles. The topological polar surface area (TPSA) is 84.4 Å². The summed E-state index contributed by atoms with van der Waals surface area (Å²) in [7, 11) is 0. The van der Waals surface area contributed by atoms with Crippen molar-refractivity contribution >= 4 is 5.97 Å². The third kappa shape index (κ3) is 2.32. The summed E-state index contributed by atoms with van der Waals surface area (Å²) in [5.74, 6) is 1.28. The van der Waals surface area contributed by atoms with E-state index in [-0.39, 0.29) is 13.2 Å². The average molecular weight is 274 g/mol. The minimum Gasteiger partial charge on any atom is -0.481 e. The molecule has 0 fully saturated rings. The molecule has 1 aromatic carbocycles. The van der Waals surface area contributed by atoms with Crippen LogP contribution in [-0.4, -0.2) is 27.8 Å². The molecule has 6 heteroatoms. The molecule has 0 spiro atoms. The summed E-state index contributed by atoms with van der Waals surface area (Å²) in [6.07, 6.45) is 0.453.